The molecular formula is C54H32O2S2. The maximum Gasteiger partial charge on any atom is 0.135 e. The Morgan fingerprint density at radius 1 is 0.310 bits per heavy atom. The second kappa shape index (κ2) is 13.3. The zero-order valence-corrected chi connectivity index (χ0v) is 32.7. The zero-order chi connectivity index (χ0) is 38.2. The number of fused-ring (bicyclic) bond motifs is 13. The van der Waals surface area contributed by atoms with Crippen molar-refractivity contribution in [1.29, 1.82) is 0 Å². The first kappa shape index (κ1) is 33.2. The Hall–Kier alpha value is -6.98. The molecule has 0 unspecified atom stereocenters. The third kappa shape index (κ3) is 5.45. The van der Waals surface area contributed by atoms with Crippen LogP contribution in [-0.4, -0.2) is 0 Å². The molecule has 0 radical (unpaired) electrons. The van der Waals surface area contributed by atoms with Crippen LogP contribution in [0.5, 0.6) is 0 Å². The van der Waals surface area contributed by atoms with Crippen LogP contribution in [0.4, 0.5) is 0 Å². The predicted octanol–water partition coefficient (Wildman–Crippen LogP) is 16.8. The first-order chi connectivity index (χ1) is 28.7. The number of rotatable bonds is 3. The fraction of sp³-hybridized carbons (Fsp3) is 0. The highest BCUT2D eigenvalue weighted by atomic mass is 32.1. The highest BCUT2D eigenvalue weighted by molar-refractivity contribution is 7.28. The van der Waals surface area contributed by atoms with Crippen molar-refractivity contribution in [3.05, 3.63) is 193 Å². The van der Waals surface area contributed by atoms with Gasteiger partial charge >= 0.3 is 0 Å². The van der Waals surface area contributed by atoms with Crippen LogP contribution in [0.15, 0.2) is 191 Å². The number of hydrogen-bond acceptors (Lipinski definition) is 4. The smallest absolute Gasteiger partial charge is 0.135 e. The van der Waals surface area contributed by atoms with Gasteiger partial charge in [-0.3, -0.25) is 0 Å². The van der Waals surface area contributed by atoms with Gasteiger partial charge in [-0.2, -0.15) is 0 Å². The van der Waals surface area contributed by atoms with E-state index < -0.39 is 0 Å². The molecule has 0 spiro atoms. The summed E-state index contributed by atoms with van der Waals surface area (Å²) in [4.78, 5) is 0. The molecule has 0 saturated heterocycles. The third-order valence-corrected chi connectivity index (χ3v) is 13.6. The summed E-state index contributed by atoms with van der Waals surface area (Å²) in [6.45, 7) is 0. The summed E-state index contributed by atoms with van der Waals surface area (Å²) < 4.78 is 17.9. The van der Waals surface area contributed by atoms with Crippen molar-refractivity contribution < 1.29 is 8.83 Å². The molecule has 0 N–H and O–H groups in total. The van der Waals surface area contributed by atoms with Crippen LogP contribution in [0.3, 0.4) is 0 Å². The zero-order valence-electron chi connectivity index (χ0n) is 31.1. The van der Waals surface area contributed by atoms with Crippen molar-refractivity contribution in [2.45, 2.75) is 0 Å². The fourth-order valence-electron chi connectivity index (χ4n) is 8.55. The Morgan fingerprint density at radius 2 is 0.741 bits per heavy atom. The maximum absolute atomic E-state index is 6.36. The number of benzene rings is 7. The molecule has 4 heteroatoms. The number of thiophene rings is 2. The van der Waals surface area contributed by atoms with Crippen molar-refractivity contribution in [1.82, 2.24) is 0 Å². The summed E-state index contributed by atoms with van der Waals surface area (Å²) >= 11 is 3.75. The van der Waals surface area contributed by atoms with Crippen molar-refractivity contribution >= 4 is 108 Å². The van der Waals surface area contributed by atoms with Crippen LogP contribution in [0.2, 0.25) is 0 Å². The lowest BCUT2D eigenvalue weighted by molar-refractivity contribution is 0.603. The molecule has 4 aromatic heterocycles. The summed E-state index contributed by atoms with van der Waals surface area (Å²) in [7, 11) is 0. The van der Waals surface area contributed by atoms with Gasteiger partial charge in [-0.1, -0.05) is 115 Å². The topological polar surface area (TPSA) is 26.3 Å². The minimum absolute atomic E-state index is 0.853. The monoisotopic (exact) mass is 776 g/mol. The first-order valence-corrected chi connectivity index (χ1v) is 21.1. The lowest BCUT2D eigenvalue weighted by atomic mass is 9.97. The van der Waals surface area contributed by atoms with E-state index in [1.54, 1.807) is 0 Å². The van der Waals surface area contributed by atoms with E-state index in [4.69, 9.17) is 8.83 Å². The van der Waals surface area contributed by atoms with Gasteiger partial charge in [0.15, 0.2) is 0 Å². The number of hydrogen-bond donors (Lipinski definition) is 0. The van der Waals surface area contributed by atoms with E-state index in [0.717, 1.165) is 44.2 Å². The van der Waals surface area contributed by atoms with Crippen LogP contribution >= 0.6 is 22.7 Å². The lowest BCUT2D eigenvalue weighted by Crippen LogP contribution is -1.80. The van der Waals surface area contributed by atoms with Crippen molar-refractivity contribution in [2.75, 3.05) is 0 Å². The first-order valence-electron chi connectivity index (χ1n) is 19.5. The molecule has 0 saturated carbocycles. The van der Waals surface area contributed by atoms with E-state index in [0.29, 0.717) is 0 Å². The molecule has 4 heterocycles. The second-order valence-electron chi connectivity index (χ2n) is 14.8. The summed E-state index contributed by atoms with van der Waals surface area (Å²) in [6.07, 6.45) is 20.5. The largest absolute Gasteiger partial charge is 0.456 e. The van der Waals surface area contributed by atoms with Gasteiger partial charge in [-0.05, 0) is 112 Å². The van der Waals surface area contributed by atoms with Gasteiger partial charge < -0.3 is 8.83 Å². The van der Waals surface area contributed by atoms with Crippen LogP contribution in [-0.2, 0) is 0 Å². The van der Waals surface area contributed by atoms with Crippen LogP contribution in [0.1, 0.15) is 11.3 Å². The van der Waals surface area contributed by atoms with E-state index in [1.165, 1.54) is 73.7 Å². The van der Waals surface area contributed by atoms with E-state index in [2.05, 4.69) is 152 Å². The van der Waals surface area contributed by atoms with Gasteiger partial charge in [0.05, 0.1) is 0 Å². The third-order valence-electron chi connectivity index (χ3n) is 11.4. The van der Waals surface area contributed by atoms with Gasteiger partial charge in [0.25, 0.3) is 0 Å². The minimum Gasteiger partial charge on any atom is -0.456 e. The summed E-state index contributed by atoms with van der Waals surface area (Å²) in [5.41, 5.74) is 10.9. The molecule has 0 atom stereocenters. The van der Waals surface area contributed by atoms with Gasteiger partial charge in [-0.25, -0.2) is 0 Å². The molecule has 1 aliphatic carbocycles. The Kier molecular flexibility index (Phi) is 7.62. The maximum atomic E-state index is 6.36. The molecule has 0 amide bonds. The normalized spacial score (nSPS) is 15.9. The van der Waals surface area contributed by atoms with E-state index >= 15 is 0 Å². The van der Waals surface area contributed by atoms with Crippen LogP contribution in [0, 0.1) is 0 Å². The number of furan rings is 2. The molecule has 272 valence electrons. The molecule has 11 aromatic rings. The van der Waals surface area contributed by atoms with E-state index in [-0.39, 0.29) is 0 Å². The van der Waals surface area contributed by atoms with Gasteiger partial charge in [-0.15, -0.1) is 22.7 Å². The molecule has 1 aliphatic rings. The molecule has 0 bridgehead atoms. The van der Waals surface area contributed by atoms with Gasteiger partial charge in [0, 0.05) is 62.1 Å². The fourth-order valence-corrected chi connectivity index (χ4v) is 10.7. The highest BCUT2D eigenvalue weighted by Crippen LogP contribution is 2.47. The van der Waals surface area contributed by atoms with Gasteiger partial charge in [0.1, 0.15) is 22.5 Å². The standard InChI is InChI=1S/C54H32O2S2/c1-2-4-6-11-15-45-39(14-10-5-3-1)40-29-35(17-22-46(40)55-45)37-19-24-49-43(31-37)53-51(57-49)26-27-52-54(53)44-32-38(20-25-50(44)58-52)36-18-23-48-42(30-36)41-28-34(16-21-47(41)56-48)33-12-8-7-9-13-33/h1-32H/b2-1-,3-1?,4-2?,5-3+,6-4-,10-5?,11-6?,14-10+,15-11-,39-14?,45-15?. The predicted molar refractivity (Wildman–Crippen MR) is 251 cm³/mol. The number of allylic oxidation sites excluding steroid dienone is 8. The molecule has 2 nitrogen and oxygen atoms in total. The Bertz CT molecular complexity index is 3610. The molecule has 7 aromatic carbocycles. The summed E-state index contributed by atoms with van der Waals surface area (Å²) in [5, 5.41) is 8.64. The minimum atomic E-state index is 0.853. The van der Waals surface area contributed by atoms with Crippen LogP contribution < -0.4 is 0 Å². The average molecular weight is 777 g/mol. The van der Waals surface area contributed by atoms with E-state index in [9.17, 15) is 0 Å². The van der Waals surface area contributed by atoms with Crippen molar-refractivity contribution in [3.8, 4) is 33.4 Å². The van der Waals surface area contributed by atoms with Gasteiger partial charge in [0.2, 0.25) is 0 Å². The van der Waals surface area contributed by atoms with Crippen molar-refractivity contribution in [2.24, 2.45) is 0 Å². The molecule has 58 heavy (non-hydrogen) atoms. The molecule has 0 aliphatic heterocycles. The second-order valence-corrected chi connectivity index (χ2v) is 17.0. The molecule has 12 rings (SSSR count). The summed E-state index contributed by atoms with van der Waals surface area (Å²) in [5.74, 6) is 0.853. The summed E-state index contributed by atoms with van der Waals surface area (Å²) in [6, 6.07) is 48.8. The van der Waals surface area contributed by atoms with E-state index in [1.807, 2.05) is 65.2 Å². The van der Waals surface area contributed by atoms with Crippen molar-refractivity contribution in [3.63, 3.8) is 0 Å². The quantitative estimate of drug-likeness (QED) is 0.179. The SMILES string of the molecule is C1=C\C=C/c2oc3ccc(-c4ccc5sc6ccc7sc8ccc(-c9ccc%10oc%11ccc(-c%12ccccc%12)cc%11c%10c9)cc8c7c6c5c4)cc3c2\C=C\C=C\C=C/1. The van der Waals surface area contributed by atoms with Crippen LogP contribution in [0.25, 0.3) is 119 Å². The lowest BCUT2D eigenvalue weighted by Gasteiger charge is -2.05. The molecule has 0 fully saturated rings. The highest BCUT2D eigenvalue weighted by Gasteiger charge is 2.18. The Morgan fingerprint density at radius 3 is 1.31 bits per heavy atom. The Labute approximate surface area is 341 Å². The Balaban J connectivity index is 0.990. The average Bonchev–Trinajstić information content (AvgIpc) is 4.02. The molecular weight excluding hydrogens is 745 g/mol.